The first-order valence-corrected chi connectivity index (χ1v) is 6.01. The summed E-state index contributed by atoms with van der Waals surface area (Å²) in [6.07, 6.45) is 4.17. The zero-order valence-electron chi connectivity index (χ0n) is 9.38. The summed E-state index contributed by atoms with van der Waals surface area (Å²) in [7, 11) is 1.91. The van der Waals surface area contributed by atoms with Crippen LogP contribution >= 0.6 is 11.3 Å². The molecule has 0 unspecified atom stereocenters. The van der Waals surface area contributed by atoms with Crippen LogP contribution in [0.25, 0.3) is 0 Å². The highest BCUT2D eigenvalue weighted by molar-refractivity contribution is 7.17. The highest BCUT2D eigenvalue weighted by Gasteiger charge is 2.11. The zero-order valence-corrected chi connectivity index (χ0v) is 10.2. The molecular weight excluding hydrogens is 238 g/mol. The molecule has 2 aromatic rings. The van der Waals surface area contributed by atoms with Crippen LogP contribution in [0.1, 0.15) is 15.4 Å². The van der Waals surface area contributed by atoms with E-state index in [1.807, 2.05) is 30.3 Å². The average Bonchev–Trinajstić information content (AvgIpc) is 2.96. The smallest absolute Gasteiger partial charge is 0.347 e. The number of carbonyl (C=O) groups is 1. The average molecular weight is 251 g/mol. The lowest BCUT2D eigenvalue weighted by molar-refractivity contribution is 0.0702. The van der Waals surface area contributed by atoms with Crippen molar-refractivity contribution >= 4 is 22.4 Å². The molecule has 0 aliphatic heterocycles. The summed E-state index contributed by atoms with van der Waals surface area (Å²) < 4.78 is 0. The van der Waals surface area contributed by atoms with E-state index in [0.29, 0.717) is 0 Å². The van der Waals surface area contributed by atoms with Gasteiger partial charge in [0.05, 0.1) is 6.20 Å². The summed E-state index contributed by atoms with van der Waals surface area (Å²) >= 11 is 1.19. The number of likely N-dealkylation sites (N-methyl/N-ethyl adjacent to an activating group) is 1. The first kappa shape index (κ1) is 11.7. The Morgan fingerprint density at radius 3 is 3.06 bits per heavy atom. The molecule has 0 aliphatic rings. The van der Waals surface area contributed by atoms with Crippen molar-refractivity contribution in [3.05, 3.63) is 35.1 Å². The Labute approximate surface area is 103 Å². The second kappa shape index (κ2) is 5.01. The summed E-state index contributed by atoms with van der Waals surface area (Å²) in [6.45, 7) is 0.799. The summed E-state index contributed by atoms with van der Waals surface area (Å²) in [4.78, 5) is 20.2. The first-order valence-electron chi connectivity index (χ1n) is 5.19. The Balaban J connectivity index is 1.94. The monoisotopic (exact) mass is 251 g/mol. The van der Waals surface area contributed by atoms with E-state index in [1.165, 1.54) is 17.5 Å². The summed E-state index contributed by atoms with van der Waals surface area (Å²) in [5, 5.41) is 9.54. The molecule has 0 radical (unpaired) electrons. The van der Waals surface area contributed by atoms with Crippen molar-refractivity contribution in [2.24, 2.45) is 0 Å². The highest BCUT2D eigenvalue weighted by Crippen LogP contribution is 2.21. The second-order valence-corrected chi connectivity index (χ2v) is 4.69. The normalized spacial score (nSPS) is 10.4. The number of aromatic amines is 1. The molecule has 6 heteroatoms. The Bertz CT molecular complexity index is 493. The van der Waals surface area contributed by atoms with Crippen LogP contribution in [0.4, 0.5) is 5.13 Å². The van der Waals surface area contributed by atoms with Gasteiger partial charge in [-0.2, -0.15) is 0 Å². The maximum Gasteiger partial charge on any atom is 0.347 e. The van der Waals surface area contributed by atoms with Gasteiger partial charge in [-0.25, -0.2) is 9.78 Å². The minimum absolute atomic E-state index is 0.270. The molecule has 2 heterocycles. The van der Waals surface area contributed by atoms with E-state index >= 15 is 0 Å². The molecule has 5 nitrogen and oxygen atoms in total. The number of nitrogens with one attached hydrogen (secondary N) is 1. The van der Waals surface area contributed by atoms with Gasteiger partial charge in [0.2, 0.25) is 0 Å². The molecular formula is C11H13N3O2S. The first-order chi connectivity index (χ1) is 8.16. The molecule has 2 N–H and O–H groups in total. The van der Waals surface area contributed by atoms with Crippen LogP contribution in [-0.4, -0.2) is 34.6 Å². The van der Waals surface area contributed by atoms with E-state index in [9.17, 15) is 4.79 Å². The predicted molar refractivity (Wildman–Crippen MR) is 66.8 cm³/mol. The van der Waals surface area contributed by atoms with Gasteiger partial charge >= 0.3 is 5.97 Å². The van der Waals surface area contributed by atoms with E-state index < -0.39 is 5.97 Å². The number of thiazole rings is 1. The Morgan fingerprint density at radius 2 is 2.47 bits per heavy atom. The summed E-state index contributed by atoms with van der Waals surface area (Å²) in [5.41, 5.74) is 1.16. The number of rotatable bonds is 5. The number of aromatic nitrogens is 2. The van der Waals surface area contributed by atoms with Crippen LogP contribution in [0, 0.1) is 0 Å². The standard InChI is InChI=1S/C11H13N3O2S/c1-14(6-4-8-3-2-5-12-8)11-13-7-9(17-11)10(15)16/h2-3,5,7,12H,4,6H2,1H3,(H,15,16). The Morgan fingerprint density at radius 1 is 1.65 bits per heavy atom. The molecule has 0 saturated heterocycles. The molecule has 0 aromatic carbocycles. The van der Waals surface area contributed by atoms with Crippen LogP contribution in [-0.2, 0) is 6.42 Å². The van der Waals surface area contributed by atoms with Crippen molar-refractivity contribution in [1.29, 1.82) is 0 Å². The van der Waals surface area contributed by atoms with Crippen molar-refractivity contribution in [1.82, 2.24) is 9.97 Å². The van der Waals surface area contributed by atoms with Crippen molar-refractivity contribution in [2.75, 3.05) is 18.5 Å². The van der Waals surface area contributed by atoms with E-state index in [1.54, 1.807) is 0 Å². The van der Waals surface area contributed by atoms with Crippen molar-refractivity contribution in [3.8, 4) is 0 Å². The Hall–Kier alpha value is -1.82. The van der Waals surface area contributed by atoms with E-state index in [4.69, 9.17) is 5.11 Å². The van der Waals surface area contributed by atoms with Crippen LogP contribution in [0.5, 0.6) is 0 Å². The summed E-state index contributed by atoms with van der Waals surface area (Å²) in [6, 6.07) is 3.99. The SMILES string of the molecule is CN(CCc1ccc[nH]1)c1ncc(C(=O)O)s1. The minimum atomic E-state index is -0.925. The van der Waals surface area contributed by atoms with Gasteiger partial charge in [-0.3, -0.25) is 0 Å². The third-order valence-electron chi connectivity index (χ3n) is 2.41. The van der Waals surface area contributed by atoms with Crippen molar-refractivity contribution in [2.45, 2.75) is 6.42 Å². The maximum absolute atomic E-state index is 10.7. The van der Waals surface area contributed by atoms with Gasteiger partial charge < -0.3 is 15.0 Å². The van der Waals surface area contributed by atoms with Crippen LogP contribution in [0.2, 0.25) is 0 Å². The molecule has 90 valence electrons. The lowest BCUT2D eigenvalue weighted by Gasteiger charge is -2.14. The largest absolute Gasteiger partial charge is 0.477 e. The fraction of sp³-hybridized carbons (Fsp3) is 0.273. The quantitative estimate of drug-likeness (QED) is 0.851. The number of carboxylic acid groups (broad SMARTS) is 1. The third kappa shape index (κ3) is 2.85. The van der Waals surface area contributed by atoms with Crippen LogP contribution in [0.15, 0.2) is 24.5 Å². The van der Waals surface area contributed by atoms with Gasteiger partial charge in [0, 0.05) is 31.9 Å². The van der Waals surface area contributed by atoms with Gasteiger partial charge in [-0.05, 0) is 12.1 Å². The van der Waals surface area contributed by atoms with Gasteiger partial charge in [0.15, 0.2) is 5.13 Å². The van der Waals surface area contributed by atoms with E-state index in [2.05, 4.69) is 9.97 Å². The van der Waals surface area contributed by atoms with Gasteiger partial charge in [-0.15, -0.1) is 0 Å². The number of anilines is 1. The number of H-pyrrole nitrogens is 1. The van der Waals surface area contributed by atoms with Crippen molar-refractivity contribution < 1.29 is 9.90 Å². The van der Waals surface area contributed by atoms with Gasteiger partial charge in [-0.1, -0.05) is 11.3 Å². The zero-order chi connectivity index (χ0) is 12.3. The number of nitrogens with zero attached hydrogens (tertiary/aromatic N) is 2. The third-order valence-corrected chi connectivity index (χ3v) is 3.51. The molecule has 0 spiro atoms. The molecule has 0 aliphatic carbocycles. The van der Waals surface area contributed by atoms with Gasteiger partial charge in [0.25, 0.3) is 0 Å². The van der Waals surface area contributed by atoms with Crippen LogP contribution < -0.4 is 4.90 Å². The predicted octanol–water partition coefficient (Wildman–Crippen LogP) is 1.85. The number of carboxylic acids is 1. The molecule has 17 heavy (non-hydrogen) atoms. The highest BCUT2D eigenvalue weighted by atomic mass is 32.1. The minimum Gasteiger partial charge on any atom is -0.477 e. The molecule has 2 rings (SSSR count). The lowest BCUT2D eigenvalue weighted by Crippen LogP contribution is -2.20. The molecule has 0 saturated carbocycles. The molecule has 0 amide bonds. The van der Waals surface area contributed by atoms with Crippen LogP contribution in [0.3, 0.4) is 0 Å². The molecule has 2 aromatic heterocycles. The Kier molecular flexibility index (Phi) is 3.43. The molecule has 0 atom stereocenters. The maximum atomic E-state index is 10.7. The lowest BCUT2D eigenvalue weighted by atomic mass is 10.3. The van der Waals surface area contributed by atoms with Crippen molar-refractivity contribution in [3.63, 3.8) is 0 Å². The number of aromatic carboxylic acids is 1. The topological polar surface area (TPSA) is 69.2 Å². The number of hydrogen-bond acceptors (Lipinski definition) is 4. The fourth-order valence-corrected chi connectivity index (χ4v) is 2.19. The van der Waals surface area contributed by atoms with E-state index in [0.717, 1.165) is 23.8 Å². The molecule has 0 fully saturated rings. The number of hydrogen-bond donors (Lipinski definition) is 2. The van der Waals surface area contributed by atoms with E-state index in [-0.39, 0.29) is 4.88 Å². The summed E-state index contributed by atoms with van der Waals surface area (Å²) in [5.74, 6) is -0.925. The second-order valence-electron chi connectivity index (χ2n) is 3.68. The van der Waals surface area contributed by atoms with Gasteiger partial charge in [0.1, 0.15) is 4.88 Å². The molecule has 0 bridgehead atoms. The fourth-order valence-electron chi connectivity index (χ4n) is 1.45.